The lowest BCUT2D eigenvalue weighted by atomic mass is 10.2. The van der Waals surface area contributed by atoms with Crippen molar-refractivity contribution in [2.75, 3.05) is 24.5 Å². The van der Waals surface area contributed by atoms with Crippen molar-refractivity contribution >= 4 is 42.8 Å². The van der Waals surface area contributed by atoms with E-state index >= 15 is 0 Å². The minimum atomic E-state index is -4.79. The van der Waals surface area contributed by atoms with Crippen LogP contribution >= 0.6 is 11.3 Å². The number of nitrogens with zero attached hydrogens (tertiary/aromatic N) is 5. The van der Waals surface area contributed by atoms with Crippen LogP contribution in [-0.4, -0.2) is 71.0 Å². The molecule has 260 valence electrons. The fourth-order valence-electron chi connectivity index (χ4n) is 4.24. The molecule has 0 bridgehead atoms. The molecule has 0 aliphatic carbocycles. The number of halogens is 9. The number of thiazole rings is 1. The quantitative estimate of drug-likeness (QED) is 0.249. The van der Waals surface area contributed by atoms with Crippen LogP contribution in [0.25, 0.3) is 10.3 Å². The van der Waals surface area contributed by atoms with Gasteiger partial charge in [0.2, 0.25) is 15.8 Å². The summed E-state index contributed by atoms with van der Waals surface area (Å²) >= 11 is 0.901. The van der Waals surface area contributed by atoms with Gasteiger partial charge in [-0.05, 0) is 42.0 Å². The summed E-state index contributed by atoms with van der Waals surface area (Å²) in [5.74, 6) is -4.21. The van der Waals surface area contributed by atoms with Crippen LogP contribution in [0.4, 0.5) is 44.6 Å². The Morgan fingerprint density at radius 3 is 2.25 bits per heavy atom. The van der Waals surface area contributed by atoms with Crippen molar-refractivity contribution in [3.8, 4) is 5.75 Å². The number of carboxylic acid groups (broad SMARTS) is 1. The first-order valence-electron chi connectivity index (χ1n) is 13.1. The Balaban J connectivity index is 0.000000336. The van der Waals surface area contributed by atoms with Crippen molar-refractivity contribution in [3.63, 3.8) is 0 Å². The number of benzene rings is 2. The molecule has 1 atom stereocenters. The number of carboxylic acids is 1. The number of alkyl halides is 8. The van der Waals surface area contributed by atoms with Gasteiger partial charge in [0.25, 0.3) is 0 Å². The predicted octanol–water partition coefficient (Wildman–Crippen LogP) is 4.97. The Hall–Kier alpha value is -4.28. The van der Waals surface area contributed by atoms with Gasteiger partial charge < -0.3 is 20.5 Å². The molecule has 0 radical (unpaired) electrons. The number of aromatic nitrogens is 3. The van der Waals surface area contributed by atoms with E-state index in [-0.39, 0.29) is 35.1 Å². The summed E-state index contributed by atoms with van der Waals surface area (Å²) in [5, 5.41) is 9.77. The van der Waals surface area contributed by atoms with Gasteiger partial charge in [0.05, 0.1) is 21.4 Å². The zero-order chi connectivity index (χ0) is 35.6. The minimum Gasteiger partial charge on any atom is -0.480 e. The third-order valence-electron chi connectivity index (χ3n) is 6.52. The number of anilines is 1. The van der Waals surface area contributed by atoms with Gasteiger partial charge in [-0.3, -0.25) is 4.79 Å². The van der Waals surface area contributed by atoms with Crippen molar-refractivity contribution in [2.45, 2.75) is 36.4 Å². The van der Waals surface area contributed by atoms with E-state index in [4.69, 9.17) is 5.73 Å². The van der Waals surface area contributed by atoms with Gasteiger partial charge in [0.15, 0.2) is 22.3 Å². The van der Waals surface area contributed by atoms with E-state index in [0.717, 1.165) is 41.8 Å². The van der Waals surface area contributed by atoms with Crippen LogP contribution in [0.3, 0.4) is 0 Å². The second-order valence-electron chi connectivity index (χ2n) is 9.66. The van der Waals surface area contributed by atoms with Gasteiger partial charge in [-0.25, -0.2) is 22.8 Å². The first kappa shape index (κ1) is 36.6. The number of piperazine rings is 1. The third-order valence-corrected chi connectivity index (χ3v) is 9.48. The number of nitrogens with two attached hydrogens (primary N) is 1. The molecule has 0 spiro atoms. The standard InChI is InChI=1S/C18H13F6N5O4S2.C8H8F3NO/c19-17(20,21)9-1-3-10(4-2-9)35(32,33)29-6-5-28(8-11(29)14(30)31)16-27-13-12(34-16)7-25-15(26-13)18(22,23)24;9-6-3-5(4-12)1-2-7(6)13-8(10)11/h1-4,7,11H,5-6,8H2,(H,30,31);1-3,8H,4,12H2/t11-;/m1./s1. The maximum atomic E-state index is 13.0. The van der Waals surface area contributed by atoms with E-state index in [9.17, 15) is 57.8 Å². The number of hydrogen-bond donors (Lipinski definition) is 2. The average molecular weight is 733 g/mol. The fraction of sp³-hybridized carbons (Fsp3) is 0.308. The number of aliphatic carboxylic acids is 1. The van der Waals surface area contributed by atoms with Gasteiger partial charge in [-0.1, -0.05) is 17.4 Å². The smallest absolute Gasteiger partial charge is 0.451 e. The Morgan fingerprint density at radius 1 is 1.04 bits per heavy atom. The maximum absolute atomic E-state index is 13.0. The molecule has 3 heterocycles. The van der Waals surface area contributed by atoms with Crippen molar-refractivity contribution in [2.24, 2.45) is 5.73 Å². The summed E-state index contributed by atoms with van der Waals surface area (Å²) in [7, 11) is -4.48. The second kappa shape index (κ2) is 14.1. The van der Waals surface area contributed by atoms with Gasteiger partial charge in [-0.2, -0.15) is 44.4 Å². The lowest BCUT2D eigenvalue weighted by Crippen LogP contribution is -2.58. The second-order valence-corrected chi connectivity index (χ2v) is 12.6. The van der Waals surface area contributed by atoms with Crippen LogP contribution in [-0.2, 0) is 33.7 Å². The highest BCUT2D eigenvalue weighted by Gasteiger charge is 2.42. The van der Waals surface area contributed by atoms with E-state index in [0.29, 0.717) is 22.0 Å². The number of carbonyl (C=O) groups is 1. The van der Waals surface area contributed by atoms with Crippen LogP contribution in [0.1, 0.15) is 17.0 Å². The summed E-state index contributed by atoms with van der Waals surface area (Å²) in [4.78, 5) is 23.4. The van der Waals surface area contributed by atoms with Crippen LogP contribution in [0, 0.1) is 5.82 Å². The summed E-state index contributed by atoms with van der Waals surface area (Å²) in [6.45, 7) is -3.71. The number of hydrogen-bond acceptors (Lipinski definition) is 10. The molecular formula is C26H21F9N6O5S2. The normalized spacial score (nSPS) is 16.1. The SMILES string of the molecule is NCc1ccc(OC(F)F)c(F)c1.O=C(O)[C@H]1CN(c2nc3nc(C(F)(F)F)ncc3s2)CCN1S(=O)(=O)c1ccc(C(F)(F)F)cc1. The van der Waals surface area contributed by atoms with E-state index in [1.165, 1.54) is 11.0 Å². The van der Waals surface area contributed by atoms with Crippen LogP contribution in [0.5, 0.6) is 5.75 Å². The Bertz CT molecular complexity index is 1870. The first-order valence-corrected chi connectivity index (χ1v) is 15.4. The molecule has 48 heavy (non-hydrogen) atoms. The monoisotopic (exact) mass is 732 g/mol. The summed E-state index contributed by atoms with van der Waals surface area (Å²) in [6, 6.07) is 4.64. The van der Waals surface area contributed by atoms with Crippen molar-refractivity contribution < 1.29 is 62.6 Å². The highest BCUT2D eigenvalue weighted by atomic mass is 32.2. The fourth-order valence-corrected chi connectivity index (χ4v) is 6.72. The molecule has 1 aliphatic rings. The number of sulfonamides is 1. The van der Waals surface area contributed by atoms with Crippen molar-refractivity contribution in [1.82, 2.24) is 19.3 Å². The highest BCUT2D eigenvalue weighted by Crippen LogP contribution is 2.34. The average Bonchev–Trinajstić information content (AvgIpc) is 3.45. The lowest BCUT2D eigenvalue weighted by Gasteiger charge is -2.38. The van der Waals surface area contributed by atoms with Crippen LogP contribution in [0.2, 0.25) is 0 Å². The summed E-state index contributed by atoms with van der Waals surface area (Å²) in [6.07, 6.45) is -8.53. The molecule has 22 heteroatoms. The molecule has 0 unspecified atom stereocenters. The highest BCUT2D eigenvalue weighted by molar-refractivity contribution is 7.89. The molecule has 1 aliphatic heterocycles. The van der Waals surface area contributed by atoms with Gasteiger partial charge in [0, 0.05) is 26.2 Å². The molecule has 1 saturated heterocycles. The number of ether oxygens (including phenoxy) is 1. The van der Waals surface area contributed by atoms with Crippen LogP contribution < -0.4 is 15.4 Å². The largest absolute Gasteiger partial charge is 0.480 e. The molecule has 3 N–H and O–H groups in total. The van der Waals surface area contributed by atoms with E-state index in [1.807, 2.05) is 0 Å². The molecule has 0 saturated carbocycles. The Morgan fingerprint density at radius 2 is 1.71 bits per heavy atom. The third kappa shape index (κ3) is 8.41. The van der Waals surface area contributed by atoms with E-state index in [1.54, 1.807) is 0 Å². The van der Waals surface area contributed by atoms with E-state index < -0.39 is 75.4 Å². The summed E-state index contributed by atoms with van der Waals surface area (Å²) in [5.41, 5.74) is 4.42. The van der Waals surface area contributed by atoms with E-state index in [2.05, 4.69) is 19.7 Å². The van der Waals surface area contributed by atoms with Gasteiger partial charge in [0.1, 0.15) is 6.04 Å². The zero-order valence-electron chi connectivity index (χ0n) is 23.7. The maximum Gasteiger partial charge on any atom is 0.451 e. The lowest BCUT2D eigenvalue weighted by molar-refractivity contribution is -0.145. The number of rotatable bonds is 7. The molecule has 1 fully saturated rings. The Labute approximate surface area is 268 Å². The summed E-state index contributed by atoms with van der Waals surface area (Å²) < 4.78 is 144. The molecular weight excluding hydrogens is 711 g/mol. The van der Waals surface area contributed by atoms with Gasteiger partial charge >= 0.3 is 24.9 Å². The molecule has 2 aromatic carbocycles. The number of fused-ring (bicyclic) bond motifs is 1. The zero-order valence-corrected chi connectivity index (χ0v) is 25.3. The van der Waals surface area contributed by atoms with Crippen LogP contribution in [0.15, 0.2) is 53.6 Å². The first-order chi connectivity index (χ1) is 22.3. The Kier molecular flexibility index (Phi) is 10.7. The predicted molar refractivity (Wildman–Crippen MR) is 150 cm³/mol. The molecule has 2 aromatic heterocycles. The molecule has 4 aromatic rings. The topological polar surface area (TPSA) is 152 Å². The van der Waals surface area contributed by atoms with Crippen molar-refractivity contribution in [3.05, 3.63) is 71.4 Å². The molecule has 11 nitrogen and oxygen atoms in total. The van der Waals surface area contributed by atoms with Gasteiger partial charge in [-0.15, -0.1) is 0 Å². The molecule has 5 rings (SSSR count). The van der Waals surface area contributed by atoms with Crippen molar-refractivity contribution in [1.29, 1.82) is 0 Å². The molecule has 0 amide bonds. The minimum absolute atomic E-state index is 0.0803.